The Hall–Kier alpha value is -1.88. The zero-order valence-corrected chi connectivity index (χ0v) is 10.6. The zero-order chi connectivity index (χ0) is 13.6. The van der Waals surface area contributed by atoms with Gasteiger partial charge in [-0.1, -0.05) is 11.6 Å². The molecule has 1 aliphatic rings. The lowest BCUT2D eigenvalue weighted by atomic mass is 10.2. The maximum atomic E-state index is 12.9. The summed E-state index contributed by atoms with van der Waals surface area (Å²) < 4.78 is 14.2. The van der Waals surface area contributed by atoms with Crippen LogP contribution in [0.1, 0.15) is 34.8 Å². The molecule has 1 fully saturated rings. The van der Waals surface area contributed by atoms with Crippen molar-refractivity contribution >= 4 is 17.6 Å². The molecule has 19 heavy (non-hydrogen) atoms. The molecule has 1 heterocycles. The molecule has 0 bridgehead atoms. The summed E-state index contributed by atoms with van der Waals surface area (Å²) in [5.74, 6) is -1.28. The molecule has 1 aliphatic carbocycles. The van der Waals surface area contributed by atoms with E-state index in [0.717, 1.165) is 12.8 Å². The summed E-state index contributed by atoms with van der Waals surface area (Å²) in [5.41, 5.74) is 1.11. The third kappa shape index (κ3) is 2.10. The lowest BCUT2D eigenvalue weighted by molar-refractivity contribution is 0.0696. The van der Waals surface area contributed by atoms with Gasteiger partial charge in [0.2, 0.25) is 0 Å². The van der Waals surface area contributed by atoms with Crippen molar-refractivity contribution < 1.29 is 14.3 Å². The van der Waals surface area contributed by atoms with Crippen LogP contribution in [0, 0.1) is 5.82 Å². The lowest BCUT2D eigenvalue weighted by Crippen LogP contribution is -2.00. The molecule has 1 N–H and O–H groups in total. The van der Waals surface area contributed by atoms with Crippen LogP contribution in [0.25, 0.3) is 5.69 Å². The lowest BCUT2D eigenvalue weighted by Gasteiger charge is -2.02. The van der Waals surface area contributed by atoms with Gasteiger partial charge in [-0.25, -0.2) is 13.9 Å². The number of aromatic carboxylic acids is 1. The Morgan fingerprint density at radius 2 is 2.00 bits per heavy atom. The summed E-state index contributed by atoms with van der Waals surface area (Å²) in [6, 6.07) is 5.59. The average Bonchev–Trinajstić information content (AvgIpc) is 3.14. The van der Waals surface area contributed by atoms with Gasteiger partial charge in [0.15, 0.2) is 0 Å². The maximum Gasteiger partial charge on any atom is 0.340 e. The number of benzene rings is 1. The first-order valence-corrected chi connectivity index (χ1v) is 6.23. The Labute approximate surface area is 113 Å². The first-order chi connectivity index (χ1) is 9.08. The van der Waals surface area contributed by atoms with Crippen LogP contribution in [0.5, 0.6) is 0 Å². The molecule has 0 aliphatic heterocycles. The third-order valence-electron chi connectivity index (χ3n) is 3.11. The Kier molecular flexibility index (Phi) is 2.78. The van der Waals surface area contributed by atoms with Crippen molar-refractivity contribution in [1.29, 1.82) is 0 Å². The second-order valence-corrected chi connectivity index (χ2v) is 4.88. The normalized spacial score (nSPS) is 14.6. The topological polar surface area (TPSA) is 55.1 Å². The van der Waals surface area contributed by atoms with E-state index in [1.165, 1.54) is 28.9 Å². The van der Waals surface area contributed by atoms with Gasteiger partial charge in [-0.3, -0.25) is 0 Å². The van der Waals surface area contributed by atoms with Crippen LogP contribution in [0.2, 0.25) is 5.15 Å². The number of hydrogen-bond acceptors (Lipinski definition) is 2. The van der Waals surface area contributed by atoms with Gasteiger partial charge < -0.3 is 5.11 Å². The third-order valence-corrected chi connectivity index (χ3v) is 3.45. The number of hydrogen-bond donors (Lipinski definition) is 1. The molecule has 6 heteroatoms. The van der Waals surface area contributed by atoms with Crippen molar-refractivity contribution in [2.75, 3.05) is 0 Å². The molecule has 2 aromatic rings. The van der Waals surface area contributed by atoms with Gasteiger partial charge in [-0.15, -0.1) is 0 Å². The van der Waals surface area contributed by atoms with Gasteiger partial charge in [0.25, 0.3) is 0 Å². The summed E-state index contributed by atoms with van der Waals surface area (Å²) in [4.78, 5) is 11.3. The first-order valence-electron chi connectivity index (χ1n) is 5.85. The molecule has 0 atom stereocenters. The summed E-state index contributed by atoms with van der Waals surface area (Å²) in [6.07, 6.45) is 1.86. The Bertz CT molecular complexity index is 647. The smallest absolute Gasteiger partial charge is 0.340 e. The van der Waals surface area contributed by atoms with Crippen LogP contribution in [-0.4, -0.2) is 20.9 Å². The molecule has 0 unspecified atom stereocenters. The molecular weight excluding hydrogens is 271 g/mol. The molecule has 4 nitrogen and oxygen atoms in total. The molecule has 98 valence electrons. The summed E-state index contributed by atoms with van der Waals surface area (Å²) in [5, 5.41) is 13.6. The van der Waals surface area contributed by atoms with E-state index >= 15 is 0 Å². The summed E-state index contributed by atoms with van der Waals surface area (Å²) >= 11 is 6.10. The highest BCUT2D eigenvalue weighted by molar-refractivity contribution is 6.33. The van der Waals surface area contributed by atoms with Gasteiger partial charge in [-0.2, -0.15) is 5.10 Å². The van der Waals surface area contributed by atoms with Gasteiger partial charge in [0, 0.05) is 5.92 Å². The summed E-state index contributed by atoms with van der Waals surface area (Å²) in [6.45, 7) is 0. The fraction of sp³-hybridized carbons (Fsp3) is 0.231. The Morgan fingerprint density at radius 3 is 2.53 bits per heavy atom. The fourth-order valence-corrected chi connectivity index (χ4v) is 2.32. The molecule has 0 saturated heterocycles. The number of carboxylic acid groups (broad SMARTS) is 1. The van der Waals surface area contributed by atoms with Crippen LogP contribution in [0.3, 0.4) is 0 Å². The second-order valence-electron chi connectivity index (χ2n) is 4.52. The quantitative estimate of drug-likeness (QED) is 0.939. The minimum Gasteiger partial charge on any atom is -0.478 e. The Morgan fingerprint density at radius 1 is 1.37 bits per heavy atom. The van der Waals surface area contributed by atoms with E-state index in [1.807, 2.05) is 0 Å². The van der Waals surface area contributed by atoms with Crippen molar-refractivity contribution in [2.45, 2.75) is 18.8 Å². The van der Waals surface area contributed by atoms with E-state index in [9.17, 15) is 14.3 Å². The van der Waals surface area contributed by atoms with Crippen LogP contribution in [-0.2, 0) is 0 Å². The first kappa shape index (κ1) is 12.2. The van der Waals surface area contributed by atoms with E-state index in [4.69, 9.17) is 11.6 Å². The number of rotatable bonds is 3. The van der Waals surface area contributed by atoms with Crippen molar-refractivity contribution in [3.05, 3.63) is 46.5 Å². The van der Waals surface area contributed by atoms with E-state index in [0.29, 0.717) is 11.4 Å². The molecule has 0 spiro atoms. The molecule has 3 rings (SSSR count). The number of halogens is 2. The predicted octanol–water partition coefficient (Wildman–Crippen LogP) is 3.24. The monoisotopic (exact) mass is 280 g/mol. The van der Waals surface area contributed by atoms with Crippen molar-refractivity contribution in [3.8, 4) is 5.69 Å². The average molecular weight is 281 g/mol. The number of nitrogens with zero attached hydrogens (tertiary/aromatic N) is 2. The second kappa shape index (κ2) is 4.35. The predicted molar refractivity (Wildman–Crippen MR) is 67.5 cm³/mol. The van der Waals surface area contributed by atoms with Crippen LogP contribution < -0.4 is 0 Å². The largest absolute Gasteiger partial charge is 0.478 e. The highest BCUT2D eigenvalue weighted by Gasteiger charge is 2.34. The van der Waals surface area contributed by atoms with Gasteiger partial charge in [0.05, 0.1) is 11.4 Å². The SMILES string of the molecule is O=C(O)c1c(C2CC2)nn(-c2ccc(F)cc2)c1Cl. The molecule has 1 aromatic heterocycles. The number of carboxylic acids is 1. The van der Waals surface area contributed by atoms with E-state index in [1.54, 1.807) is 0 Å². The van der Waals surface area contributed by atoms with Crippen molar-refractivity contribution in [1.82, 2.24) is 9.78 Å². The highest BCUT2D eigenvalue weighted by Crippen LogP contribution is 2.43. The van der Waals surface area contributed by atoms with Gasteiger partial charge in [0.1, 0.15) is 16.5 Å². The van der Waals surface area contributed by atoms with Crippen LogP contribution in [0.4, 0.5) is 4.39 Å². The van der Waals surface area contributed by atoms with E-state index in [-0.39, 0.29) is 22.5 Å². The highest BCUT2D eigenvalue weighted by atomic mass is 35.5. The van der Waals surface area contributed by atoms with E-state index < -0.39 is 5.97 Å². The number of carbonyl (C=O) groups is 1. The van der Waals surface area contributed by atoms with Crippen molar-refractivity contribution in [2.24, 2.45) is 0 Å². The Balaban J connectivity index is 2.14. The molecule has 0 radical (unpaired) electrons. The van der Waals surface area contributed by atoms with Gasteiger partial charge >= 0.3 is 5.97 Å². The van der Waals surface area contributed by atoms with Crippen LogP contribution in [0.15, 0.2) is 24.3 Å². The standard InChI is InChI=1S/C13H10ClFN2O2/c14-12-10(13(18)19)11(7-1-2-7)16-17(12)9-5-3-8(15)4-6-9/h3-7H,1-2H2,(H,18,19). The zero-order valence-electron chi connectivity index (χ0n) is 9.81. The maximum absolute atomic E-state index is 12.9. The van der Waals surface area contributed by atoms with Crippen LogP contribution >= 0.6 is 11.6 Å². The molecule has 0 amide bonds. The summed E-state index contributed by atoms with van der Waals surface area (Å²) in [7, 11) is 0. The fourth-order valence-electron chi connectivity index (χ4n) is 2.01. The number of aromatic nitrogens is 2. The molecular formula is C13H10ClFN2O2. The minimum absolute atomic E-state index is 0.0495. The molecule has 1 saturated carbocycles. The van der Waals surface area contributed by atoms with E-state index in [2.05, 4.69) is 5.10 Å². The van der Waals surface area contributed by atoms with Crippen molar-refractivity contribution in [3.63, 3.8) is 0 Å². The van der Waals surface area contributed by atoms with Gasteiger partial charge in [-0.05, 0) is 37.1 Å². The molecule has 1 aromatic carbocycles. The minimum atomic E-state index is -1.08.